The number of thioether (sulfide) groups is 1. The van der Waals surface area contributed by atoms with E-state index < -0.39 is 5.97 Å². The Hall–Kier alpha value is -1.23. The number of aliphatic carboxylic acids is 1. The van der Waals surface area contributed by atoms with Crippen molar-refractivity contribution in [3.63, 3.8) is 0 Å². The highest BCUT2D eigenvalue weighted by atomic mass is 32.2. The topological polar surface area (TPSA) is 76.2 Å². The van der Waals surface area contributed by atoms with E-state index in [-0.39, 0.29) is 6.42 Å². The predicted octanol–water partition coefficient (Wildman–Crippen LogP) is 2.01. The largest absolute Gasteiger partial charge is 0.481 e. The van der Waals surface area contributed by atoms with Gasteiger partial charge in [-0.1, -0.05) is 0 Å². The van der Waals surface area contributed by atoms with Gasteiger partial charge >= 0.3 is 5.97 Å². The average molecular weight is 226 g/mol. The number of pyridine rings is 1. The summed E-state index contributed by atoms with van der Waals surface area (Å²) in [6, 6.07) is 3.68. The Morgan fingerprint density at radius 2 is 2.27 bits per heavy atom. The van der Waals surface area contributed by atoms with E-state index in [1.807, 2.05) is 12.1 Å². The number of carboxylic acids is 1. The van der Waals surface area contributed by atoms with E-state index in [0.717, 1.165) is 23.6 Å². The number of rotatable bonds is 6. The molecule has 0 amide bonds. The molecule has 15 heavy (non-hydrogen) atoms. The van der Waals surface area contributed by atoms with E-state index in [0.29, 0.717) is 5.69 Å². The monoisotopic (exact) mass is 226 g/mol. The fourth-order valence-corrected chi connectivity index (χ4v) is 1.88. The third-order valence-corrected chi connectivity index (χ3v) is 2.82. The van der Waals surface area contributed by atoms with Crippen LogP contribution >= 0.6 is 11.8 Å². The van der Waals surface area contributed by atoms with Crippen molar-refractivity contribution in [1.29, 1.82) is 0 Å². The molecule has 3 N–H and O–H groups in total. The number of hydrogen-bond donors (Lipinski definition) is 2. The molecule has 0 aliphatic carbocycles. The van der Waals surface area contributed by atoms with Gasteiger partial charge in [0.2, 0.25) is 0 Å². The van der Waals surface area contributed by atoms with Crippen molar-refractivity contribution in [1.82, 2.24) is 4.98 Å². The highest BCUT2D eigenvalue weighted by Crippen LogP contribution is 2.17. The lowest BCUT2D eigenvalue weighted by Gasteiger charge is -2.00. The summed E-state index contributed by atoms with van der Waals surface area (Å²) in [6.45, 7) is 0. The number of nitrogens with two attached hydrogens (primary N) is 1. The van der Waals surface area contributed by atoms with Crippen molar-refractivity contribution in [2.45, 2.75) is 24.3 Å². The first kappa shape index (κ1) is 11.8. The van der Waals surface area contributed by atoms with Gasteiger partial charge in [0, 0.05) is 6.42 Å². The van der Waals surface area contributed by atoms with Crippen molar-refractivity contribution in [2.75, 3.05) is 11.5 Å². The van der Waals surface area contributed by atoms with Gasteiger partial charge in [-0.3, -0.25) is 4.79 Å². The molecule has 1 heterocycles. The summed E-state index contributed by atoms with van der Waals surface area (Å²) < 4.78 is 0. The molecule has 0 atom stereocenters. The molecular formula is C10H14N2O2S. The lowest BCUT2D eigenvalue weighted by atomic mass is 10.3. The Labute approximate surface area is 92.9 Å². The fraction of sp³-hybridized carbons (Fsp3) is 0.400. The van der Waals surface area contributed by atoms with Crippen LogP contribution < -0.4 is 5.73 Å². The molecule has 0 bridgehead atoms. The fourth-order valence-electron chi connectivity index (χ4n) is 1.03. The Morgan fingerprint density at radius 3 is 2.87 bits per heavy atom. The molecular weight excluding hydrogens is 212 g/mol. The number of nitrogen functional groups attached to an aromatic ring is 1. The molecule has 0 aromatic carbocycles. The average Bonchev–Trinajstić information content (AvgIpc) is 2.20. The van der Waals surface area contributed by atoms with Gasteiger partial charge in [-0.25, -0.2) is 4.98 Å². The molecule has 0 unspecified atom stereocenters. The normalized spacial score (nSPS) is 10.1. The zero-order valence-electron chi connectivity index (χ0n) is 8.35. The van der Waals surface area contributed by atoms with Gasteiger partial charge in [-0.05, 0) is 30.7 Å². The van der Waals surface area contributed by atoms with Crippen LogP contribution in [0, 0.1) is 0 Å². The van der Waals surface area contributed by atoms with Crippen molar-refractivity contribution >= 4 is 23.4 Å². The van der Waals surface area contributed by atoms with Crippen LogP contribution in [0.15, 0.2) is 23.4 Å². The molecule has 0 spiro atoms. The van der Waals surface area contributed by atoms with Crippen LogP contribution in [0.5, 0.6) is 0 Å². The molecule has 0 radical (unpaired) electrons. The number of hydrogen-bond acceptors (Lipinski definition) is 4. The molecule has 0 aliphatic heterocycles. The summed E-state index contributed by atoms with van der Waals surface area (Å²) in [7, 11) is 0. The minimum atomic E-state index is -0.731. The lowest BCUT2D eigenvalue weighted by molar-refractivity contribution is -0.137. The third kappa shape index (κ3) is 5.27. The Kier molecular flexibility index (Phi) is 4.97. The van der Waals surface area contributed by atoms with E-state index in [1.54, 1.807) is 18.0 Å². The van der Waals surface area contributed by atoms with E-state index in [2.05, 4.69) is 4.98 Å². The summed E-state index contributed by atoms with van der Waals surface area (Å²) in [4.78, 5) is 14.4. The Morgan fingerprint density at radius 1 is 1.47 bits per heavy atom. The summed E-state index contributed by atoms with van der Waals surface area (Å²) in [5.41, 5.74) is 6.16. The summed E-state index contributed by atoms with van der Waals surface area (Å²) >= 11 is 1.62. The zero-order chi connectivity index (χ0) is 11.1. The molecule has 5 heteroatoms. The second-order valence-electron chi connectivity index (χ2n) is 3.13. The maximum atomic E-state index is 10.2. The molecule has 0 aliphatic rings. The molecule has 82 valence electrons. The van der Waals surface area contributed by atoms with Gasteiger partial charge in [-0.2, -0.15) is 0 Å². The van der Waals surface area contributed by atoms with Gasteiger partial charge in [0.15, 0.2) is 0 Å². The van der Waals surface area contributed by atoms with Gasteiger partial charge in [0.25, 0.3) is 0 Å². The highest BCUT2D eigenvalue weighted by Gasteiger charge is 1.98. The van der Waals surface area contributed by atoms with Gasteiger partial charge in [0.05, 0.1) is 16.9 Å². The van der Waals surface area contributed by atoms with Gasteiger partial charge in [-0.15, -0.1) is 11.8 Å². The molecule has 1 aromatic rings. The number of aromatic nitrogens is 1. The van der Waals surface area contributed by atoms with Crippen molar-refractivity contribution in [3.05, 3.63) is 18.3 Å². The smallest absolute Gasteiger partial charge is 0.303 e. The molecule has 0 saturated heterocycles. The van der Waals surface area contributed by atoms with Crippen LogP contribution in [-0.2, 0) is 4.79 Å². The number of anilines is 1. The number of carbonyl (C=O) groups is 1. The third-order valence-electron chi connectivity index (χ3n) is 1.79. The zero-order valence-corrected chi connectivity index (χ0v) is 9.17. The first-order chi connectivity index (χ1) is 7.18. The second-order valence-corrected chi connectivity index (χ2v) is 4.24. The van der Waals surface area contributed by atoms with Crippen LogP contribution in [-0.4, -0.2) is 21.8 Å². The molecule has 1 rings (SSSR count). The molecule has 0 fully saturated rings. The Balaban J connectivity index is 2.15. The van der Waals surface area contributed by atoms with E-state index in [4.69, 9.17) is 10.8 Å². The second kappa shape index (κ2) is 6.29. The van der Waals surface area contributed by atoms with Crippen molar-refractivity contribution < 1.29 is 9.90 Å². The molecule has 0 saturated carbocycles. The molecule has 1 aromatic heterocycles. The van der Waals surface area contributed by atoms with Crippen LogP contribution in [0.3, 0.4) is 0 Å². The lowest BCUT2D eigenvalue weighted by Crippen LogP contribution is -1.94. The predicted molar refractivity (Wildman–Crippen MR) is 60.9 cm³/mol. The van der Waals surface area contributed by atoms with E-state index in [9.17, 15) is 4.79 Å². The quantitative estimate of drug-likeness (QED) is 0.573. The Bertz CT molecular complexity index is 314. The van der Waals surface area contributed by atoms with Crippen LogP contribution in [0.25, 0.3) is 0 Å². The number of unbranched alkanes of at least 4 members (excludes halogenated alkanes) is 1. The van der Waals surface area contributed by atoms with Crippen molar-refractivity contribution in [2.24, 2.45) is 0 Å². The standard InChI is InChI=1S/C10H14N2O2S/c11-8-4-5-9(12-7-8)15-6-2-1-3-10(13)14/h4-5,7H,1-3,6,11H2,(H,13,14). The minimum Gasteiger partial charge on any atom is -0.481 e. The van der Waals surface area contributed by atoms with Crippen LogP contribution in [0.4, 0.5) is 5.69 Å². The van der Waals surface area contributed by atoms with Gasteiger partial charge < -0.3 is 10.8 Å². The van der Waals surface area contributed by atoms with Crippen LogP contribution in [0.1, 0.15) is 19.3 Å². The van der Waals surface area contributed by atoms with Gasteiger partial charge in [0.1, 0.15) is 0 Å². The highest BCUT2D eigenvalue weighted by molar-refractivity contribution is 7.99. The molecule has 4 nitrogen and oxygen atoms in total. The maximum absolute atomic E-state index is 10.2. The number of nitrogens with zero attached hydrogens (tertiary/aromatic N) is 1. The van der Waals surface area contributed by atoms with E-state index in [1.165, 1.54) is 0 Å². The van der Waals surface area contributed by atoms with Crippen LogP contribution in [0.2, 0.25) is 0 Å². The number of carboxylic acid groups (broad SMARTS) is 1. The van der Waals surface area contributed by atoms with Crippen molar-refractivity contribution in [3.8, 4) is 0 Å². The SMILES string of the molecule is Nc1ccc(SCCCCC(=O)O)nc1. The first-order valence-corrected chi connectivity index (χ1v) is 5.73. The summed E-state index contributed by atoms with van der Waals surface area (Å²) in [5.74, 6) is 0.162. The minimum absolute atomic E-state index is 0.246. The maximum Gasteiger partial charge on any atom is 0.303 e. The van der Waals surface area contributed by atoms with E-state index >= 15 is 0 Å². The summed E-state index contributed by atoms with van der Waals surface area (Å²) in [6.07, 6.45) is 3.48. The summed E-state index contributed by atoms with van der Waals surface area (Å²) in [5, 5.41) is 9.36. The first-order valence-electron chi connectivity index (χ1n) is 4.74.